The van der Waals surface area contributed by atoms with Crippen molar-refractivity contribution in [1.29, 1.82) is 0 Å². The molecule has 0 radical (unpaired) electrons. The van der Waals surface area contributed by atoms with E-state index in [4.69, 9.17) is 9.84 Å². The zero-order valence-corrected chi connectivity index (χ0v) is 17.7. The molecule has 5 nitrogen and oxygen atoms in total. The predicted octanol–water partition coefficient (Wildman–Crippen LogP) is 4.50. The van der Waals surface area contributed by atoms with Crippen molar-refractivity contribution in [3.05, 3.63) is 59.1 Å². The van der Waals surface area contributed by atoms with Gasteiger partial charge in [-0.05, 0) is 30.3 Å². The number of thioether (sulfide) groups is 1. The van der Waals surface area contributed by atoms with Crippen molar-refractivity contribution in [3.8, 4) is 5.75 Å². The average molecular weight is 468 g/mol. The lowest BCUT2D eigenvalue weighted by molar-refractivity contribution is 0.322. The standard InChI is InChI=1S/C19H18BrNO4S2/c1-25-19-16-5-3-2-4-15(16)17(12-18(19)26-11-10-22)21-27(23,24)14-8-6-13(20)7-9-14/h2-9,12,21-22H,10-11H2,1H3. The van der Waals surface area contributed by atoms with E-state index in [0.29, 0.717) is 17.2 Å². The fourth-order valence-corrected chi connectivity index (χ4v) is 4.87. The van der Waals surface area contributed by atoms with Gasteiger partial charge >= 0.3 is 0 Å². The maximum atomic E-state index is 12.8. The number of aliphatic hydroxyl groups excluding tert-OH is 1. The molecule has 0 saturated heterocycles. The highest BCUT2D eigenvalue weighted by molar-refractivity contribution is 9.10. The number of hydrogen-bond acceptors (Lipinski definition) is 5. The van der Waals surface area contributed by atoms with E-state index in [9.17, 15) is 8.42 Å². The molecule has 0 saturated carbocycles. The summed E-state index contributed by atoms with van der Waals surface area (Å²) in [6.07, 6.45) is 0. The van der Waals surface area contributed by atoms with Crippen molar-refractivity contribution in [1.82, 2.24) is 0 Å². The molecule has 3 aromatic rings. The third-order valence-electron chi connectivity index (χ3n) is 3.88. The molecular formula is C19H18BrNO4S2. The Bertz CT molecular complexity index is 1050. The second-order valence-electron chi connectivity index (χ2n) is 5.63. The van der Waals surface area contributed by atoms with Gasteiger partial charge in [0.2, 0.25) is 0 Å². The van der Waals surface area contributed by atoms with Crippen LogP contribution in [0.5, 0.6) is 5.75 Å². The topological polar surface area (TPSA) is 75.6 Å². The zero-order chi connectivity index (χ0) is 19.4. The molecule has 3 aromatic carbocycles. The molecule has 0 fully saturated rings. The SMILES string of the molecule is COc1c(SCCO)cc(NS(=O)(=O)c2ccc(Br)cc2)c2ccccc12. The predicted molar refractivity (Wildman–Crippen MR) is 113 cm³/mol. The zero-order valence-electron chi connectivity index (χ0n) is 14.5. The molecule has 27 heavy (non-hydrogen) atoms. The Kier molecular flexibility index (Phi) is 6.31. The average Bonchev–Trinajstić information content (AvgIpc) is 2.66. The van der Waals surface area contributed by atoms with E-state index in [2.05, 4.69) is 20.7 Å². The highest BCUT2D eigenvalue weighted by Gasteiger charge is 2.19. The number of ether oxygens (including phenoxy) is 1. The monoisotopic (exact) mass is 467 g/mol. The minimum atomic E-state index is -3.75. The second-order valence-corrected chi connectivity index (χ2v) is 9.37. The summed E-state index contributed by atoms with van der Waals surface area (Å²) in [5.41, 5.74) is 0.467. The number of nitrogens with one attached hydrogen (secondary N) is 1. The van der Waals surface area contributed by atoms with E-state index in [-0.39, 0.29) is 11.5 Å². The fourth-order valence-electron chi connectivity index (χ4n) is 2.70. The van der Waals surface area contributed by atoms with E-state index >= 15 is 0 Å². The number of anilines is 1. The van der Waals surface area contributed by atoms with Crippen molar-refractivity contribution in [3.63, 3.8) is 0 Å². The van der Waals surface area contributed by atoms with Crippen LogP contribution >= 0.6 is 27.7 Å². The summed E-state index contributed by atoms with van der Waals surface area (Å²) in [7, 11) is -2.17. The van der Waals surface area contributed by atoms with Gasteiger partial charge in [0.25, 0.3) is 10.0 Å². The third-order valence-corrected chi connectivity index (χ3v) is 6.79. The Morgan fingerprint density at radius 3 is 2.41 bits per heavy atom. The van der Waals surface area contributed by atoms with Gasteiger partial charge in [0.15, 0.2) is 0 Å². The van der Waals surface area contributed by atoms with Gasteiger partial charge in [0, 0.05) is 21.0 Å². The molecule has 0 unspecified atom stereocenters. The lowest BCUT2D eigenvalue weighted by Crippen LogP contribution is -2.13. The quantitative estimate of drug-likeness (QED) is 0.500. The molecule has 0 amide bonds. The van der Waals surface area contributed by atoms with E-state index in [1.807, 2.05) is 24.3 Å². The summed E-state index contributed by atoms with van der Waals surface area (Å²) >= 11 is 4.72. The number of halogens is 1. The summed E-state index contributed by atoms with van der Waals surface area (Å²) in [4.78, 5) is 0.939. The maximum absolute atomic E-state index is 12.8. The van der Waals surface area contributed by atoms with Crippen molar-refractivity contribution >= 4 is 54.2 Å². The van der Waals surface area contributed by atoms with Crippen molar-refractivity contribution in [2.45, 2.75) is 9.79 Å². The Morgan fingerprint density at radius 1 is 1.11 bits per heavy atom. The van der Waals surface area contributed by atoms with E-state index in [1.165, 1.54) is 11.8 Å². The van der Waals surface area contributed by atoms with Crippen LogP contribution in [0.2, 0.25) is 0 Å². The largest absolute Gasteiger partial charge is 0.495 e. The first kappa shape index (κ1) is 20.0. The number of sulfonamides is 1. The first-order valence-corrected chi connectivity index (χ1v) is 11.3. The van der Waals surface area contributed by atoms with Gasteiger partial charge in [-0.15, -0.1) is 11.8 Å². The van der Waals surface area contributed by atoms with Crippen molar-refractivity contribution < 1.29 is 18.3 Å². The van der Waals surface area contributed by atoms with Crippen molar-refractivity contribution in [2.24, 2.45) is 0 Å². The third kappa shape index (κ3) is 4.40. The van der Waals surface area contributed by atoms with Gasteiger partial charge in [-0.3, -0.25) is 4.72 Å². The van der Waals surface area contributed by atoms with Crippen LogP contribution in [-0.2, 0) is 10.0 Å². The molecule has 0 bridgehead atoms. The second kappa shape index (κ2) is 8.52. The lowest BCUT2D eigenvalue weighted by atomic mass is 10.1. The van der Waals surface area contributed by atoms with Crippen LogP contribution in [0, 0.1) is 0 Å². The summed E-state index contributed by atoms with van der Waals surface area (Å²) < 4.78 is 34.7. The van der Waals surface area contributed by atoms with Gasteiger partial charge in [0.1, 0.15) is 5.75 Å². The molecule has 2 N–H and O–H groups in total. The van der Waals surface area contributed by atoms with Crippen LogP contribution in [0.3, 0.4) is 0 Å². The minimum absolute atomic E-state index is 0.0145. The molecule has 0 atom stereocenters. The van der Waals surface area contributed by atoms with Gasteiger partial charge in [0.05, 0.1) is 29.2 Å². The number of methoxy groups -OCH3 is 1. The number of aliphatic hydroxyl groups is 1. The molecule has 3 rings (SSSR count). The van der Waals surface area contributed by atoms with Crippen LogP contribution in [0.4, 0.5) is 5.69 Å². The Morgan fingerprint density at radius 2 is 1.78 bits per heavy atom. The van der Waals surface area contributed by atoms with Crippen LogP contribution in [-0.4, -0.2) is 33.0 Å². The number of rotatable bonds is 7. The highest BCUT2D eigenvalue weighted by atomic mass is 79.9. The molecule has 8 heteroatoms. The van der Waals surface area contributed by atoms with Crippen LogP contribution in [0.25, 0.3) is 10.8 Å². The number of hydrogen-bond donors (Lipinski definition) is 2. The molecule has 0 aliphatic carbocycles. The molecule has 0 heterocycles. The summed E-state index contributed by atoms with van der Waals surface area (Å²) in [6, 6.07) is 15.6. The fraction of sp³-hybridized carbons (Fsp3) is 0.158. The summed E-state index contributed by atoms with van der Waals surface area (Å²) in [5, 5.41) is 10.7. The Balaban J connectivity index is 2.11. The van der Waals surface area contributed by atoms with Crippen LogP contribution < -0.4 is 9.46 Å². The maximum Gasteiger partial charge on any atom is 0.261 e. The van der Waals surface area contributed by atoms with Crippen molar-refractivity contribution in [2.75, 3.05) is 24.2 Å². The molecule has 142 valence electrons. The summed E-state index contributed by atoms with van der Waals surface area (Å²) in [5.74, 6) is 1.14. The highest BCUT2D eigenvalue weighted by Crippen LogP contribution is 2.41. The molecule has 0 spiro atoms. The number of benzene rings is 3. The number of fused-ring (bicyclic) bond motifs is 1. The Hall–Kier alpha value is -1.74. The molecule has 0 aliphatic rings. The summed E-state index contributed by atoms with van der Waals surface area (Å²) in [6.45, 7) is 0.0145. The molecular weight excluding hydrogens is 450 g/mol. The van der Waals surface area contributed by atoms with Crippen LogP contribution in [0.15, 0.2) is 68.9 Å². The van der Waals surface area contributed by atoms with Gasteiger partial charge in [-0.25, -0.2) is 8.42 Å². The minimum Gasteiger partial charge on any atom is -0.495 e. The van der Waals surface area contributed by atoms with Gasteiger partial charge < -0.3 is 9.84 Å². The lowest BCUT2D eigenvalue weighted by Gasteiger charge is -2.16. The smallest absolute Gasteiger partial charge is 0.261 e. The van der Waals surface area contributed by atoms with Crippen LogP contribution in [0.1, 0.15) is 0 Å². The first-order chi connectivity index (χ1) is 13.0. The first-order valence-electron chi connectivity index (χ1n) is 8.08. The normalized spacial score (nSPS) is 11.5. The van der Waals surface area contributed by atoms with Gasteiger partial charge in [-0.2, -0.15) is 0 Å². The van der Waals surface area contributed by atoms with E-state index in [0.717, 1.165) is 20.1 Å². The Labute approximate surface area is 170 Å². The van der Waals surface area contributed by atoms with E-state index in [1.54, 1.807) is 37.4 Å². The van der Waals surface area contributed by atoms with E-state index < -0.39 is 10.0 Å². The molecule has 0 aliphatic heterocycles. The van der Waals surface area contributed by atoms with Gasteiger partial charge in [-0.1, -0.05) is 40.2 Å². The molecule has 0 aromatic heterocycles.